The minimum absolute atomic E-state index is 0.393. The molecule has 0 aromatic carbocycles. The number of hydrogen-bond acceptors (Lipinski definition) is 3. The van der Waals surface area contributed by atoms with Crippen molar-refractivity contribution in [2.24, 2.45) is 0 Å². The zero-order chi connectivity index (χ0) is 12.1. The molecule has 1 atom stereocenters. The van der Waals surface area contributed by atoms with E-state index in [1.807, 2.05) is 0 Å². The van der Waals surface area contributed by atoms with Crippen LogP contribution < -0.4 is 0 Å². The van der Waals surface area contributed by atoms with Gasteiger partial charge in [0.2, 0.25) is 0 Å². The van der Waals surface area contributed by atoms with Gasteiger partial charge in [0, 0.05) is 13.2 Å². The molecule has 1 N–H and O–H groups in total. The van der Waals surface area contributed by atoms with Gasteiger partial charge in [0.05, 0.1) is 13.2 Å². The van der Waals surface area contributed by atoms with Gasteiger partial charge in [-0.2, -0.15) is 0 Å². The standard InChI is InChI=1S/C13H28O3/c1-3-5-6-7-8-10-16-12-13(14)11-15-9-4-2/h13-14H,3-12H2,1-2H3. The van der Waals surface area contributed by atoms with E-state index in [-0.39, 0.29) is 0 Å². The van der Waals surface area contributed by atoms with E-state index in [9.17, 15) is 5.11 Å². The maximum Gasteiger partial charge on any atom is 0.101 e. The molecule has 0 rings (SSSR count). The summed E-state index contributed by atoms with van der Waals surface area (Å²) in [5.41, 5.74) is 0. The molecule has 0 aromatic heterocycles. The summed E-state index contributed by atoms with van der Waals surface area (Å²) in [7, 11) is 0. The molecule has 98 valence electrons. The number of aliphatic hydroxyl groups excluding tert-OH is 1. The minimum Gasteiger partial charge on any atom is -0.388 e. The molecule has 0 aromatic rings. The van der Waals surface area contributed by atoms with E-state index in [1.165, 1.54) is 25.7 Å². The first-order valence-corrected chi connectivity index (χ1v) is 6.64. The van der Waals surface area contributed by atoms with Crippen LogP contribution in [0.15, 0.2) is 0 Å². The lowest BCUT2D eigenvalue weighted by molar-refractivity contribution is -0.0192. The van der Waals surface area contributed by atoms with Crippen molar-refractivity contribution in [1.29, 1.82) is 0 Å². The Morgan fingerprint density at radius 2 is 1.44 bits per heavy atom. The van der Waals surface area contributed by atoms with E-state index in [0.29, 0.717) is 19.8 Å². The summed E-state index contributed by atoms with van der Waals surface area (Å²) in [4.78, 5) is 0. The number of ether oxygens (including phenoxy) is 2. The highest BCUT2D eigenvalue weighted by Crippen LogP contribution is 2.02. The Morgan fingerprint density at radius 1 is 0.812 bits per heavy atom. The molecule has 0 aliphatic heterocycles. The largest absolute Gasteiger partial charge is 0.388 e. The molecule has 16 heavy (non-hydrogen) atoms. The van der Waals surface area contributed by atoms with Gasteiger partial charge in [-0.3, -0.25) is 0 Å². The van der Waals surface area contributed by atoms with Gasteiger partial charge in [-0.15, -0.1) is 0 Å². The van der Waals surface area contributed by atoms with Crippen molar-refractivity contribution in [3.05, 3.63) is 0 Å². The van der Waals surface area contributed by atoms with Crippen molar-refractivity contribution in [2.45, 2.75) is 58.5 Å². The van der Waals surface area contributed by atoms with Crippen molar-refractivity contribution < 1.29 is 14.6 Å². The topological polar surface area (TPSA) is 38.7 Å². The third-order valence-corrected chi connectivity index (χ3v) is 2.36. The Bertz CT molecular complexity index is 128. The van der Waals surface area contributed by atoms with Crippen molar-refractivity contribution in [3.63, 3.8) is 0 Å². The maximum atomic E-state index is 9.47. The first-order valence-electron chi connectivity index (χ1n) is 6.64. The molecule has 0 bridgehead atoms. The van der Waals surface area contributed by atoms with Crippen LogP contribution >= 0.6 is 0 Å². The lowest BCUT2D eigenvalue weighted by Crippen LogP contribution is -2.22. The van der Waals surface area contributed by atoms with Gasteiger partial charge in [-0.1, -0.05) is 39.5 Å². The second-order valence-corrected chi connectivity index (χ2v) is 4.22. The Balaban J connectivity index is 3.06. The molecule has 0 saturated heterocycles. The number of rotatable bonds is 12. The van der Waals surface area contributed by atoms with Crippen molar-refractivity contribution in [2.75, 3.05) is 26.4 Å². The first-order chi connectivity index (χ1) is 7.81. The zero-order valence-corrected chi connectivity index (χ0v) is 10.9. The summed E-state index contributed by atoms with van der Waals surface area (Å²) >= 11 is 0. The number of aliphatic hydroxyl groups is 1. The number of unbranched alkanes of at least 4 members (excludes halogenated alkanes) is 4. The van der Waals surface area contributed by atoms with E-state index >= 15 is 0 Å². The Labute approximate surface area is 100 Å². The number of hydrogen-bond donors (Lipinski definition) is 1. The smallest absolute Gasteiger partial charge is 0.101 e. The average Bonchev–Trinajstić information content (AvgIpc) is 2.28. The summed E-state index contributed by atoms with van der Waals surface area (Å²) in [6, 6.07) is 0. The van der Waals surface area contributed by atoms with Crippen LogP contribution in [0.1, 0.15) is 52.4 Å². The summed E-state index contributed by atoms with van der Waals surface area (Å²) in [5.74, 6) is 0. The van der Waals surface area contributed by atoms with Crippen LogP contribution in [0.3, 0.4) is 0 Å². The molecule has 0 saturated carbocycles. The van der Waals surface area contributed by atoms with Crippen molar-refractivity contribution in [1.82, 2.24) is 0 Å². The van der Waals surface area contributed by atoms with Crippen molar-refractivity contribution in [3.8, 4) is 0 Å². The molecule has 0 radical (unpaired) electrons. The lowest BCUT2D eigenvalue weighted by Gasteiger charge is -2.11. The van der Waals surface area contributed by atoms with Gasteiger partial charge in [0.1, 0.15) is 6.10 Å². The second-order valence-electron chi connectivity index (χ2n) is 4.22. The van der Waals surface area contributed by atoms with Crippen LogP contribution in [0.5, 0.6) is 0 Å². The molecule has 0 aliphatic carbocycles. The summed E-state index contributed by atoms with van der Waals surface area (Å²) in [6.07, 6.45) is 6.73. The fourth-order valence-electron chi connectivity index (χ4n) is 1.44. The van der Waals surface area contributed by atoms with E-state index in [2.05, 4.69) is 13.8 Å². The van der Waals surface area contributed by atoms with Crippen LogP contribution in [0.4, 0.5) is 0 Å². The quantitative estimate of drug-likeness (QED) is 0.526. The van der Waals surface area contributed by atoms with E-state index in [1.54, 1.807) is 0 Å². The highest BCUT2D eigenvalue weighted by atomic mass is 16.5. The molecular weight excluding hydrogens is 204 g/mol. The molecular formula is C13H28O3. The molecule has 0 amide bonds. The molecule has 3 heteroatoms. The first kappa shape index (κ1) is 15.9. The highest BCUT2D eigenvalue weighted by Gasteiger charge is 2.03. The van der Waals surface area contributed by atoms with Crippen LogP contribution in [-0.4, -0.2) is 37.6 Å². The highest BCUT2D eigenvalue weighted by molar-refractivity contribution is 4.51. The van der Waals surface area contributed by atoms with Crippen LogP contribution in [0.25, 0.3) is 0 Å². The van der Waals surface area contributed by atoms with Gasteiger partial charge in [0.15, 0.2) is 0 Å². The fraction of sp³-hybridized carbons (Fsp3) is 1.00. The fourth-order valence-corrected chi connectivity index (χ4v) is 1.44. The molecule has 0 aliphatic rings. The summed E-state index contributed by atoms with van der Waals surface area (Å²) in [6.45, 7) is 6.53. The zero-order valence-electron chi connectivity index (χ0n) is 10.9. The SMILES string of the molecule is CCCCCCCOCC(O)COCCC. The van der Waals surface area contributed by atoms with Crippen LogP contribution in [0, 0.1) is 0 Å². The second kappa shape index (κ2) is 12.9. The van der Waals surface area contributed by atoms with E-state index in [4.69, 9.17) is 9.47 Å². The molecule has 0 heterocycles. The maximum absolute atomic E-state index is 9.47. The normalized spacial score (nSPS) is 12.9. The average molecular weight is 232 g/mol. The third kappa shape index (κ3) is 12.0. The Kier molecular flexibility index (Phi) is 12.9. The van der Waals surface area contributed by atoms with E-state index < -0.39 is 6.10 Å². The third-order valence-electron chi connectivity index (χ3n) is 2.36. The van der Waals surface area contributed by atoms with Gasteiger partial charge in [0.25, 0.3) is 0 Å². The van der Waals surface area contributed by atoms with Crippen molar-refractivity contribution >= 4 is 0 Å². The Morgan fingerprint density at radius 3 is 2.06 bits per heavy atom. The predicted molar refractivity (Wildman–Crippen MR) is 66.7 cm³/mol. The molecule has 0 spiro atoms. The molecule has 0 fully saturated rings. The lowest BCUT2D eigenvalue weighted by atomic mass is 10.2. The van der Waals surface area contributed by atoms with Gasteiger partial charge in [-0.05, 0) is 12.8 Å². The monoisotopic (exact) mass is 232 g/mol. The van der Waals surface area contributed by atoms with Gasteiger partial charge >= 0.3 is 0 Å². The minimum atomic E-state index is -0.470. The molecule has 3 nitrogen and oxygen atoms in total. The van der Waals surface area contributed by atoms with Crippen LogP contribution in [-0.2, 0) is 9.47 Å². The van der Waals surface area contributed by atoms with E-state index in [0.717, 1.165) is 19.4 Å². The summed E-state index contributed by atoms with van der Waals surface area (Å²) in [5, 5.41) is 9.47. The van der Waals surface area contributed by atoms with Gasteiger partial charge < -0.3 is 14.6 Å². The molecule has 1 unspecified atom stereocenters. The Hall–Kier alpha value is -0.120. The predicted octanol–water partition coefficient (Wildman–Crippen LogP) is 2.76. The van der Waals surface area contributed by atoms with Gasteiger partial charge in [-0.25, -0.2) is 0 Å². The van der Waals surface area contributed by atoms with Crippen LogP contribution in [0.2, 0.25) is 0 Å². The summed E-state index contributed by atoms with van der Waals surface area (Å²) < 4.78 is 10.6.